The van der Waals surface area contributed by atoms with Crippen molar-refractivity contribution >= 4 is 23.3 Å². The first-order valence-corrected chi connectivity index (χ1v) is 10.1. The molecule has 0 aliphatic rings. The highest BCUT2D eigenvalue weighted by Gasteiger charge is 2.20. The molecule has 3 rings (SSSR count). The Morgan fingerprint density at radius 1 is 1.10 bits per heavy atom. The topological polar surface area (TPSA) is 85.7 Å². The lowest BCUT2D eigenvalue weighted by Crippen LogP contribution is -2.20. The molecule has 0 saturated heterocycles. The average molecular weight is 442 g/mol. The Hall–Kier alpha value is -3.32. The van der Waals surface area contributed by atoms with Gasteiger partial charge in [0.2, 0.25) is 0 Å². The summed E-state index contributed by atoms with van der Waals surface area (Å²) in [4.78, 5) is 29.7. The summed E-state index contributed by atoms with van der Waals surface area (Å²) in [6, 6.07) is 14.6. The summed E-state index contributed by atoms with van der Waals surface area (Å²) in [5.74, 6) is 0.233. The number of methoxy groups -OCH3 is 2. The molecule has 0 amide bonds. The SMILES string of the molecule is COC(=O)Cc1[nH]n(-c2ccc(OC)cc2)c(=O)c1C(C)=NCCc1ccc(Cl)cc1. The number of esters is 1. The zero-order valence-corrected chi connectivity index (χ0v) is 18.4. The van der Waals surface area contributed by atoms with Crippen LogP contribution in [0, 0.1) is 0 Å². The van der Waals surface area contributed by atoms with Crippen LogP contribution in [0.3, 0.4) is 0 Å². The van der Waals surface area contributed by atoms with E-state index in [0.29, 0.717) is 46.4 Å². The van der Waals surface area contributed by atoms with Crippen molar-refractivity contribution in [3.05, 3.63) is 80.7 Å². The lowest BCUT2D eigenvalue weighted by molar-refractivity contribution is -0.139. The van der Waals surface area contributed by atoms with Crippen LogP contribution in [0.2, 0.25) is 5.02 Å². The highest BCUT2D eigenvalue weighted by molar-refractivity contribution is 6.30. The minimum atomic E-state index is -0.446. The van der Waals surface area contributed by atoms with Gasteiger partial charge in [-0.3, -0.25) is 19.7 Å². The van der Waals surface area contributed by atoms with E-state index in [-0.39, 0.29) is 12.0 Å². The van der Waals surface area contributed by atoms with E-state index in [1.165, 1.54) is 11.8 Å². The van der Waals surface area contributed by atoms with Crippen LogP contribution in [0.4, 0.5) is 0 Å². The molecule has 0 bridgehead atoms. The summed E-state index contributed by atoms with van der Waals surface area (Å²) < 4.78 is 11.4. The van der Waals surface area contributed by atoms with E-state index in [1.54, 1.807) is 38.3 Å². The van der Waals surface area contributed by atoms with Crippen LogP contribution >= 0.6 is 11.6 Å². The lowest BCUT2D eigenvalue weighted by atomic mass is 10.1. The Morgan fingerprint density at radius 3 is 2.39 bits per heavy atom. The normalized spacial score (nSPS) is 11.4. The van der Waals surface area contributed by atoms with Crippen LogP contribution in [0.5, 0.6) is 5.75 Å². The molecular formula is C23H24ClN3O4. The molecule has 0 unspecified atom stereocenters. The number of hydrogen-bond donors (Lipinski definition) is 1. The van der Waals surface area contributed by atoms with Crippen molar-refractivity contribution in [2.45, 2.75) is 19.8 Å². The number of aromatic nitrogens is 2. The van der Waals surface area contributed by atoms with E-state index in [0.717, 1.165) is 5.56 Å². The molecule has 3 aromatic rings. The van der Waals surface area contributed by atoms with E-state index < -0.39 is 5.97 Å². The number of ether oxygens (including phenoxy) is 2. The summed E-state index contributed by atoms with van der Waals surface area (Å²) in [6.07, 6.45) is 0.645. The lowest BCUT2D eigenvalue weighted by Gasteiger charge is -2.03. The van der Waals surface area contributed by atoms with Crippen LogP contribution in [0.25, 0.3) is 5.69 Å². The summed E-state index contributed by atoms with van der Waals surface area (Å²) in [6.45, 7) is 2.27. The Bertz CT molecular complexity index is 1130. The van der Waals surface area contributed by atoms with Crippen molar-refractivity contribution in [1.82, 2.24) is 9.78 Å². The summed E-state index contributed by atoms with van der Waals surface area (Å²) >= 11 is 5.92. The summed E-state index contributed by atoms with van der Waals surface area (Å²) in [5, 5.41) is 3.71. The van der Waals surface area contributed by atoms with Crippen LogP contribution in [0.15, 0.2) is 58.3 Å². The van der Waals surface area contributed by atoms with Crippen molar-refractivity contribution in [3.63, 3.8) is 0 Å². The number of halogens is 1. The molecule has 0 atom stereocenters. The molecule has 1 heterocycles. The van der Waals surface area contributed by atoms with Crippen LogP contribution in [0.1, 0.15) is 23.7 Å². The predicted molar refractivity (Wildman–Crippen MR) is 121 cm³/mol. The highest BCUT2D eigenvalue weighted by Crippen LogP contribution is 2.15. The summed E-state index contributed by atoms with van der Waals surface area (Å²) in [7, 11) is 2.89. The number of carbonyl (C=O) groups is 1. The largest absolute Gasteiger partial charge is 0.497 e. The average Bonchev–Trinajstić information content (AvgIpc) is 3.10. The van der Waals surface area contributed by atoms with E-state index in [9.17, 15) is 9.59 Å². The van der Waals surface area contributed by atoms with Crippen molar-refractivity contribution in [2.75, 3.05) is 20.8 Å². The van der Waals surface area contributed by atoms with Gasteiger partial charge in [-0.15, -0.1) is 0 Å². The van der Waals surface area contributed by atoms with E-state index >= 15 is 0 Å². The molecule has 8 heteroatoms. The maximum Gasteiger partial charge on any atom is 0.311 e. The van der Waals surface area contributed by atoms with Crippen LogP contribution in [-0.4, -0.2) is 42.2 Å². The molecule has 2 aromatic carbocycles. The molecule has 0 fully saturated rings. The smallest absolute Gasteiger partial charge is 0.311 e. The van der Waals surface area contributed by atoms with Gasteiger partial charge in [0.1, 0.15) is 5.75 Å². The zero-order valence-electron chi connectivity index (χ0n) is 17.6. The fourth-order valence-electron chi connectivity index (χ4n) is 3.20. The fourth-order valence-corrected chi connectivity index (χ4v) is 3.32. The third-order valence-electron chi connectivity index (χ3n) is 4.87. The highest BCUT2D eigenvalue weighted by atomic mass is 35.5. The zero-order chi connectivity index (χ0) is 22.4. The maximum absolute atomic E-state index is 13.2. The minimum Gasteiger partial charge on any atom is -0.497 e. The molecule has 0 radical (unpaired) electrons. The number of nitrogens with zero attached hydrogens (tertiary/aromatic N) is 2. The monoisotopic (exact) mass is 441 g/mol. The minimum absolute atomic E-state index is 0.0612. The van der Waals surface area contributed by atoms with Gasteiger partial charge in [0.05, 0.1) is 37.6 Å². The standard InChI is InChI=1S/C23H24ClN3O4/c1-15(25-13-12-16-4-6-17(24)7-5-16)22-20(14-21(28)31-3)26-27(23(22)29)18-8-10-19(30-2)11-9-18/h4-11,26H,12-14H2,1-3H3. The molecule has 7 nitrogen and oxygen atoms in total. The van der Waals surface area contributed by atoms with Crippen LogP contribution < -0.4 is 10.3 Å². The first kappa shape index (κ1) is 22.4. The second-order valence-corrected chi connectivity index (χ2v) is 7.34. The maximum atomic E-state index is 13.2. The number of H-pyrrole nitrogens is 1. The number of aliphatic imine (C=N–C) groups is 1. The van der Waals surface area contributed by atoms with Gasteiger partial charge in [-0.2, -0.15) is 0 Å². The molecular weight excluding hydrogens is 418 g/mol. The molecule has 0 spiro atoms. The number of carbonyl (C=O) groups excluding carboxylic acids is 1. The molecule has 1 aromatic heterocycles. The third-order valence-corrected chi connectivity index (χ3v) is 5.12. The summed E-state index contributed by atoms with van der Waals surface area (Å²) in [5.41, 5.74) is 2.83. The molecule has 0 aliphatic heterocycles. The third kappa shape index (κ3) is 5.44. The molecule has 0 saturated carbocycles. The van der Waals surface area contributed by atoms with Gasteiger partial charge in [-0.25, -0.2) is 4.68 Å². The second-order valence-electron chi connectivity index (χ2n) is 6.90. The van der Waals surface area contributed by atoms with E-state index in [2.05, 4.69) is 10.1 Å². The van der Waals surface area contributed by atoms with E-state index in [4.69, 9.17) is 21.1 Å². The molecule has 0 aliphatic carbocycles. The van der Waals surface area contributed by atoms with E-state index in [1.807, 2.05) is 24.3 Å². The molecule has 162 valence electrons. The van der Waals surface area contributed by atoms with Crippen LogP contribution in [-0.2, 0) is 22.4 Å². The second kappa shape index (κ2) is 10.1. The van der Waals surface area contributed by atoms with Crippen molar-refractivity contribution < 1.29 is 14.3 Å². The van der Waals surface area contributed by atoms with Gasteiger partial charge in [-0.1, -0.05) is 23.7 Å². The van der Waals surface area contributed by atoms with Crippen molar-refractivity contribution in [1.29, 1.82) is 0 Å². The Kier molecular flexibility index (Phi) is 7.31. The van der Waals surface area contributed by atoms with Gasteiger partial charge >= 0.3 is 5.97 Å². The quantitative estimate of drug-likeness (QED) is 0.427. The Morgan fingerprint density at radius 2 is 1.77 bits per heavy atom. The first-order valence-electron chi connectivity index (χ1n) is 9.74. The van der Waals surface area contributed by atoms with Gasteiger partial charge < -0.3 is 9.47 Å². The van der Waals surface area contributed by atoms with Crippen molar-refractivity contribution in [3.8, 4) is 11.4 Å². The number of rotatable bonds is 8. The van der Waals surface area contributed by atoms with Crippen molar-refractivity contribution in [2.24, 2.45) is 4.99 Å². The van der Waals surface area contributed by atoms with Gasteiger partial charge in [0.25, 0.3) is 5.56 Å². The number of benzene rings is 2. The number of nitrogens with one attached hydrogen (secondary N) is 1. The number of hydrogen-bond acceptors (Lipinski definition) is 5. The Labute approximate surface area is 185 Å². The Balaban J connectivity index is 1.91. The molecule has 31 heavy (non-hydrogen) atoms. The molecule has 1 N–H and O–H groups in total. The fraction of sp³-hybridized carbons (Fsp3) is 0.261. The first-order chi connectivity index (χ1) is 14.9. The van der Waals surface area contributed by atoms with Gasteiger partial charge in [-0.05, 0) is 55.3 Å². The van der Waals surface area contributed by atoms with Gasteiger partial charge in [0, 0.05) is 17.3 Å². The van der Waals surface area contributed by atoms with Gasteiger partial charge in [0.15, 0.2) is 0 Å². The number of aromatic amines is 1. The predicted octanol–water partition coefficient (Wildman–Crippen LogP) is 3.59.